The highest BCUT2D eigenvalue weighted by molar-refractivity contribution is 5.60. The summed E-state index contributed by atoms with van der Waals surface area (Å²) in [4.78, 5) is 4.38. The SMILES string of the molecule is COCCOc1nc(-c2ccc(C(F)(F)F)cc2)n(-c2ccc(NCC(O)COc3ccccc3C)cc2)n1. The van der Waals surface area contributed by atoms with Crippen molar-refractivity contribution in [1.82, 2.24) is 14.8 Å². The van der Waals surface area contributed by atoms with E-state index in [1.807, 2.05) is 31.2 Å². The molecule has 206 valence electrons. The van der Waals surface area contributed by atoms with Crippen LogP contribution in [0.2, 0.25) is 0 Å². The van der Waals surface area contributed by atoms with Crippen LogP contribution >= 0.6 is 0 Å². The largest absolute Gasteiger partial charge is 0.491 e. The molecule has 0 aliphatic rings. The molecule has 39 heavy (non-hydrogen) atoms. The van der Waals surface area contributed by atoms with Gasteiger partial charge in [-0.25, -0.2) is 4.68 Å². The van der Waals surface area contributed by atoms with E-state index < -0.39 is 17.8 Å². The second kappa shape index (κ2) is 12.6. The molecule has 3 aromatic carbocycles. The summed E-state index contributed by atoms with van der Waals surface area (Å²) in [5.74, 6) is 1.05. The number of hydrogen-bond acceptors (Lipinski definition) is 7. The molecule has 1 aromatic heterocycles. The van der Waals surface area contributed by atoms with E-state index in [4.69, 9.17) is 14.2 Å². The summed E-state index contributed by atoms with van der Waals surface area (Å²) in [5.41, 5.74) is 2.05. The maximum atomic E-state index is 13.0. The van der Waals surface area contributed by atoms with Gasteiger partial charge in [-0.1, -0.05) is 30.3 Å². The second-order valence-corrected chi connectivity index (χ2v) is 8.70. The molecule has 0 amide bonds. The van der Waals surface area contributed by atoms with Crippen LogP contribution in [0.4, 0.5) is 18.9 Å². The van der Waals surface area contributed by atoms with Crippen molar-refractivity contribution in [2.45, 2.75) is 19.2 Å². The lowest BCUT2D eigenvalue weighted by atomic mass is 10.1. The zero-order valence-electron chi connectivity index (χ0n) is 21.5. The number of ether oxygens (including phenoxy) is 3. The highest BCUT2D eigenvalue weighted by Gasteiger charge is 2.30. The van der Waals surface area contributed by atoms with Crippen LogP contribution in [-0.4, -0.2) is 59.5 Å². The van der Waals surface area contributed by atoms with Crippen LogP contribution in [0.5, 0.6) is 11.8 Å². The molecular formula is C28H29F3N4O4. The van der Waals surface area contributed by atoms with Gasteiger partial charge in [0.15, 0.2) is 5.82 Å². The number of methoxy groups -OCH3 is 1. The maximum Gasteiger partial charge on any atom is 0.416 e. The molecule has 2 N–H and O–H groups in total. The molecule has 0 radical (unpaired) electrons. The van der Waals surface area contributed by atoms with E-state index in [1.54, 1.807) is 24.3 Å². The third-order valence-electron chi connectivity index (χ3n) is 5.76. The number of alkyl halides is 3. The van der Waals surface area contributed by atoms with E-state index in [0.717, 1.165) is 29.1 Å². The van der Waals surface area contributed by atoms with Crippen molar-refractivity contribution < 1.29 is 32.5 Å². The zero-order valence-corrected chi connectivity index (χ0v) is 21.5. The van der Waals surface area contributed by atoms with Gasteiger partial charge in [-0.3, -0.25) is 0 Å². The van der Waals surface area contributed by atoms with Crippen molar-refractivity contribution in [2.75, 3.05) is 38.8 Å². The van der Waals surface area contributed by atoms with Gasteiger partial charge in [-0.15, -0.1) is 5.10 Å². The van der Waals surface area contributed by atoms with Crippen LogP contribution in [0.3, 0.4) is 0 Å². The number of nitrogens with zero attached hydrogens (tertiary/aromatic N) is 3. The third-order valence-corrected chi connectivity index (χ3v) is 5.76. The lowest BCUT2D eigenvalue weighted by Gasteiger charge is -2.15. The van der Waals surface area contributed by atoms with Crippen LogP contribution in [0, 0.1) is 6.92 Å². The minimum Gasteiger partial charge on any atom is -0.491 e. The molecule has 0 bridgehead atoms. The Morgan fingerprint density at radius 1 is 0.949 bits per heavy atom. The molecule has 1 heterocycles. The number of para-hydroxylation sites is 1. The second-order valence-electron chi connectivity index (χ2n) is 8.70. The van der Waals surface area contributed by atoms with Gasteiger partial charge < -0.3 is 24.6 Å². The van der Waals surface area contributed by atoms with E-state index in [9.17, 15) is 18.3 Å². The molecular weight excluding hydrogens is 513 g/mol. The van der Waals surface area contributed by atoms with Crippen molar-refractivity contribution in [2.24, 2.45) is 0 Å². The smallest absolute Gasteiger partial charge is 0.416 e. The van der Waals surface area contributed by atoms with Gasteiger partial charge in [0.05, 0.1) is 17.9 Å². The number of aliphatic hydroxyl groups excluding tert-OH is 1. The van der Waals surface area contributed by atoms with Crippen LogP contribution in [0.25, 0.3) is 17.1 Å². The zero-order chi connectivity index (χ0) is 27.8. The van der Waals surface area contributed by atoms with Gasteiger partial charge in [-0.05, 0) is 55.0 Å². The summed E-state index contributed by atoms with van der Waals surface area (Å²) in [5, 5.41) is 17.9. The average molecular weight is 543 g/mol. The van der Waals surface area contributed by atoms with Crippen LogP contribution in [0.15, 0.2) is 72.8 Å². The Balaban J connectivity index is 1.46. The van der Waals surface area contributed by atoms with E-state index >= 15 is 0 Å². The fourth-order valence-electron chi connectivity index (χ4n) is 3.67. The number of benzene rings is 3. The van der Waals surface area contributed by atoms with Crippen molar-refractivity contribution in [1.29, 1.82) is 0 Å². The Bertz CT molecular complexity index is 1340. The summed E-state index contributed by atoms with van der Waals surface area (Å²) in [7, 11) is 1.54. The number of aromatic nitrogens is 3. The Labute approximate surface area is 224 Å². The molecule has 0 saturated heterocycles. The molecule has 0 aliphatic carbocycles. The molecule has 1 atom stereocenters. The predicted molar refractivity (Wildman–Crippen MR) is 140 cm³/mol. The summed E-state index contributed by atoms with van der Waals surface area (Å²) in [6, 6.07) is 19.5. The fourth-order valence-corrected chi connectivity index (χ4v) is 3.67. The van der Waals surface area contributed by atoms with Gasteiger partial charge in [0.25, 0.3) is 0 Å². The first-order valence-electron chi connectivity index (χ1n) is 12.2. The first-order chi connectivity index (χ1) is 18.7. The minimum atomic E-state index is -4.44. The fraction of sp³-hybridized carbons (Fsp3) is 0.286. The Morgan fingerprint density at radius 3 is 2.33 bits per heavy atom. The number of aryl methyl sites for hydroxylation is 1. The topological polar surface area (TPSA) is 90.7 Å². The first kappa shape index (κ1) is 27.9. The van der Waals surface area contributed by atoms with Crippen molar-refractivity contribution in [3.05, 3.63) is 83.9 Å². The maximum absolute atomic E-state index is 13.0. The first-order valence-corrected chi connectivity index (χ1v) is 12.2. The monoisotopic (exact) mass is 542 g/mol. The lowest BCUT2D eigenvalue weighted by Crippen LogP contribution is -2.26. The molecule has 0 saturated carbocycles. The predicted octanol–water partition coefficient (Wildman–Crippen LogP) is 5.14. The Kier molecular flexibility index (Phi) is 9.05. The standard InChI is InChI=1S/C28H29F3N4O4/c1-19-5-3-4-6-25(19)39-18-24(36)17-32-22-11-13-23(14-12-22)35-26(33-27(34-35)38-16-15-37-2)20-7-9-21(10-8-20)28(29,30)31/h3-14,24,32,36H,15-18H2,1-2H3. The highest BCUT2D eigenvalue weighted by Crippen LogP contribution is 2.31. The number of aliphatic hydroxyl groups is 1. The number of anilines is 1. The normalized spacial score (nSPS) is 12.3. The summed E-state index contributed by atoms with van der Waals surface area (Å²) in [6.45, 7) is 2.88. The molecule has 0 aliphatic heterocycles. The number of nitrogens with one attached hydrogen (secondary N) is 1. The molecule has 1 unspecified atom stereocenters. The van der Waals surface area contributed by atoms with E-state index in [0.29, 0.717) is 23.7 Å². The Hall–Kier alpha value is -4.09. The van der Waals surface area contributed by atoms with Crippen LogP contribution in [0.1, 0.15) is 11.1 Å². The van der Waals surface area contributed by atoms with Gasteiger partial charge in [-0.2, -0.15) is 18.2 Å². The third kappa shape index (κ3) is 7.49. The molecule has 4 aromatic rings. The summed E-state index contributed by atoms with van der Waals surface area (Å²) < 4.78 is 56.8. The average Bonchev–Trinajstić information content (AvgIpc) is 3.35. The molecule has 0 spiro atoms. The van der Waals surface area contributed by atoms with Crippen molar-refractivity contribution >= 4 is 5.69 Å². The van der Waals surface area contributed by atoms with Crippen molar-refractivity contribution in [3.8, 4) is 28.8 Å². The lowest BCUT2D eigenvalue weighted by molar-refractivity contribution is -0.137. The molecule has 4 rings (SSSR count). The number of halogens is 3. The van der Waals surface area contributed by atoms with Crippen LogP contribution in [-0.2, 0) is 10.9 Å². The van der Waals surface area contributed by atoms with Crippen LogP contribution < -0.4 is 14.8 Å². The highest BCUT2D eigenvalue weighted by atomic mass is 19.4. The van der Waals surface area contributed by atoms with E-state index in [2.05, 4.69) is 15.4 Å². The Morgan fingerprint density at radius 2 is 1.67 bits per heavy atom. The molecule has 8 nitrogen and oxygen atoms in total. The summed E-state index contributed by atoms with van der Waals surface area (Å²) in [6.07, 6.45) is -5.18. The van der Waals surface area contributed by atoms with Crippen molar-refractivity contribution in [3.63, 3.8) is 0 Å². The van der Waals surface area contributed by atoms with Gasteiger partial charge in [0.2, 0.25) is 0 Å². The summed E-state index contributed by atoms with van der Waals surface area (Å²) >= 11 is 0. The van der Waals surface area contributed by atoms with Gasteiger partial charge >= 0.3 is 12.2 Å². The number of rotatable bonds is 12. The number of hydrogen-bond donors (Lipinski definition) is 2. The molecule has 0 fully saturated rings. The quantitative estimate of drug-likeness (QED) is 0.240. The van der Waals surface area contributed by atoms with E-state index in [1.165, 1.54) is 23.9 Å². The van der Waals surface area contributed by atoms with E-state index in [-0.39, 0.29) is 25.8 Å². The minimum absolute atomic E-state index is 0.0703. The molecule has 11 heteroatoms. The van der Waals surface area contributed by atoms with Gasteiger partial charge in [0, 0.05) is 24.9 Å². The van der Waals surface area contributed by atoms with Gasteiger partial charge in [0.1, 0.15) is 25.1 Å².